The molecule has 4 aromatic rings. The van der Waals surface area contributed by atoms with Crippen molar-refractivity contribution in [1.82, 2.24) is 9.36 Å². The molecule has 3 aromatic carbocycles. The third kappa shape index (κ3) is 4.89. The summed E-state index contributed by atoms with van der Waals surface area (Å²) in [6, 6.07) is 20.5. The number of imide groups is 1. The van der Waals surface area contributed by atoms with Crippen molar-refractivity contribution < 1.29 is 19.1 Å². The minimum Gasteiger partial charge on any atom is -0.495 e. The van der Waals surface area contributed by atoms with Gasteiger partial charge in [-0.25, -0.2) is 9.58 Å². The minimum atomic E-state index is -0.682. The SMILES string of the molecule is COc1ccc(C)cc1N1C(=O)C(Cl)=C(Nc2ccc(C(=O)Nc3c(C)n(C)n(-c4ccccc4)c3=O)cc2)C1=O. The Hall–Kier alpha value is -5.09. The maximum absolute atomic E-state index is 13.2. The van der Waals surface area contributed by atoms with Crippen molar-refractivity contribution in [2.75, 3.05) is 22.6 Å². The Balaban J connectivity index is 1.34. The van der Waals surface area contributed by atoms with Crippen molar-refractivity contribution in [3.05, 3.63) is 111 Å². The summed E-state index contributed by atoms with van der Waals surface area (Å²) in [6.07, 6.45) is 0. The summed E-state index contributed by atoms with van der Waals surface area (Å²) >= 11 is 6.28. The third-order valence-corrected chi connectivity index (χ3v) is 7.16. The number of anilines is 3. The number of nitrogens with one attached hydrogen (secondary N) is 2. The zero-order valence-electron chi connectivity index (χ0n) is 22.7. The molecule has 1 aliphatic rings. The van der Waals surface area contributed by atoms with Crippen LogP contribution in [0, 0.1) is 13.8 Å². The van der Waals surface area contributed by atoms with E-state index in [9.17, 15) is 19.2 Å². The maximum atomic E-state index is 13.2. The Morgan fingerprint density at radius 1 is 0.902 bits per heavy atom. The smallest absolute Gasteiger partial charge is 0.295 e. The van der Waals surface area contributed by atoms with Gasteiger partial charge in [-0.05, 0) is 67.9 Å². The van der Waals surface area contributed by atoms with Gasteiger partial charge in [-0.1, -0.05) is 35.9 Å². The molecule has 41 heavy (non-hydrogen) atoms. The number of aryl methyl sites for hydroxylation is 1. The van der Waals surface area contributed by atoms with Gasteiger partial charge in [-0.2, -0.15) is 0 Å². The van der Waals surface area contributed by atoms with E-state index in [-0.39, 0.29) is 33.2 Å². The van der Waals surface area contributed by atoms with Crippen LogP contribution in [0.5, 0.6) is 5.75 Å². The molecule has 0 saturated carbocycles. The number of amides is 3. The normalized spacial score (nSPS) is 13.1. The second kappa shape index (κ2) is 10.8. The Labute approximate surface area is 240 Å². The molecule has 0 bridgehead atoms. The lowest BCUT2D eigenvalue weighted by atomic mass is 10.2. The van der Waals surface area contributed by atoms with Gasteiger partial charge in [-0.15, -0.1) is 0 Å². The number of rotatable bonds is 7. The molecular weight excluding hydrogens is 546 g/mol. The number of carbonyl (C=O) groups excluding carboxylic acids is 3. The summed E-state index contributed by atoms with van der Waals surface area (Å²) in [7, 11) is 3.19. The number of benzene rings is 3. The molecule has 1 aliphatic heterocycles. The molecule has 0 atom stereocenters. The van der Waals surface area contributed by atoms with E-state index in [1.807, 2.05) is 25.1 Å². The Morgan fingerprint density at radius 3 is 2.24 bits per heavy atom. The van der Waals surface area contributed by atoms with Crippen LogP contribution in [-0.2, 0) is 16.6 Å². The predicted octanol–water partition coefficient (Wildman–Crippen LogP) is 4.49. The van der Waals surface area contributed by atoms with Gasteiger partial charge in [0.2, 0.25) is 0 Å². The first kappa shape index (κ1) is 27.5. The molecular formula is C30H26ClN5O5. The van der Waals surface area contributed by atoms with E-state index < -0.39 is 17.7 Å². The quantitative estimate of drug-likeness (QED) is 0.316. The molecule has 10 nitrogen and oxygen atoms in total. The number of halogens is 1. The summed E-state index contributed by atoms with van der Waals surface area (Å²) in [4.78, 5) is 53.3. The average molecular weight is 572 g/mol. The van der Waals surface area contributed by atoms with Crippen molar-refractivity contribution in [2.45, 2.75) is 13.8 Å². The molecule has 0 unspecified atom stereocenters. The van der Waals surface area contributed by atoms with E-state index in [0.717, 1.165) is 10.5 Å². The zero-order chi connectivity index (χ0) is 29.4. The van der Waals surface area contributed by atoms with Crippen LogP contribution in [0.25, 0.3) is 5.69 Å². The lowest BCUT2D eigenvalue weighted by Gasteiger charge is -2.18. The standard InChI is InChI=1S/C30H26ClN5O5/c1-17-10-15-23(41-4)22(16-17)35-28(38)24(31)26(29(35)39)32-20-13-11-19(12-14-20)27(37)33-25-18(2)34(3)36(30(25)40)21-8-6-5-7-9-21/h5-16,32H,1-4H3,(H,33,37). The fourth-order valence-electron chi connectivity index (χ4n) is 4.55. The van der Waals surface area contributed by atoms with Crippen LogP contribution < -0.4 is 25.8 Å². The van der Waals surface area contributed by atoms with E-state index in [1.54, 1.807) is 61.1 Å². The molecule has 2 N–H and O–H groups in total. The van der Waals surface area contributed by atoms with Crippen LogP contribution >= 0.6 is 11.6 Å². The number of nitrogens with zero attached hydrogens (tertiary/aromatic N) is 3. The summed E-state index contributed by atoms with van der Waals surface area (Å²) in [5.74, 6) is -1.45. The Kier molecular flexibility index (Phi) is 7.25. The molecule has 0 radical (unpaired) electrons. The monoisotopic (exact) mass is 571 g/mol. The number of hydrogen-bond acceptors (Lipinski definition) is 6. The van der Waals surface area contributed by atoms with E-state index in [2.05, 4.69) is 10.6 Å². The molecule has 0 aliphatic carbocycles. The summed E-state index contributed by atoms with van der Waals surface area (Å²) < 4.78 is 8.48. The number of hydrogen-bond donors (Lipinski definition) is 2. The van der Waals surface area contributed by atoms with E-state index in [1.165, 1.54) is 23.9 Å². The van der Waals surface area contributed by atoms with Gasteiger partial charge in [0.15, 0.2) is 0 Å². The molecule has 0 saturated heterocycles. The van der Waals surface area contributed by atoms with Crippen LogP contribution in [0.2, 0.25) is 0 Å². The number of aromatic nitrogens is 2. The lowest BCUT2D eigenvalue weighted by molar-refractivity contribution is -0.120. The molecule has 11 heteroatoms. The van der Waals surface area contributed by atoms with E-state index in [0.29, 0.717) is 22.8 Å². The molecule has 208 valence electrons. The highest BCUT2D eigenvalue weighted by atomic mass is 35.5. The number of ether oxygens (including phenoxy) is 1. The average Bonchev–Trinajstić information content (AvgIpc) is 3.31. The fraction of sp³-hybridized carbons (Fsp3) is 0.133. The zero-order valence-corrected chi connectivity index (χ0v) is 23.4. The van der Waals surface area contributed by atoms with E-state index >= 15 is 0 Å². The first-order valence-electron chi connectivity index (χ1n) is 12.6. The van der Waals surface area contributed by atoms with Crippen molar-refractivity contribution in [2.24, 2.45) is 7.05 Å². The number of carbonyl (C=O) groups is 3. The van der Waals surface area contributed by atoms with Crippen molar-refractivity contribution >= 4 is 46.4 Å². The third-order valence-electron chi connectivity index (χ3n) is 6.81. The predicted molar refractivity (Wildman–Crippen MR) is 157 cm³/mol. The summed E-state index contributed by atoms with van der Waals surface area (Å²) in [6.45, 7) is 3.58. The van der Waals surface area contributed by atoms with Gasteiger partial charge in [0.1, 0.15) is 22.2 Å². The van der Waals surface area contributed by atoms with Gasteiger partial charge in [-0.3, -0.25) is 23.9 Å². The van der Waals surface area contributed by atoms with Gasteiger partial charge in [0.05, 0.1) is 24.2 Å². The van der Waals surface area contributed by atoms with Crippen molar-refractivity contribution in [1.29, 1.82) is 0 Å². The highest BCUT2D eigenvalue weighted by Gasteiger charge is 2.40. The summed E-state index contributed by atoms with van der Waals surface area (Å²) in [5, 5.41) is 5.34. The highest BCUT2D eigenvalue weighted by Crippen LogP contribution is 2.36. The number of para-hydroxylation sites is 1. The van der Waals surface area contributed by atoms with Gasteiger partial charge >= 0.3 is 0 Å². The maximum Gasteiger partial charge on any atom is 0.295 e. The molecule has 1 aromatic heterocycles. The van der Waals surface area contributed by atoms with Gasteiger partial charge in [0, 0.05) is 18.3 Å². The second-order valence-corrected chi connectivity index (χ2v) is 9.78. The topological polar surface area (TPSA) is 115 Å². The van der Waals surface area contributed by atoms with Crippen molar-refractivity contribution in [3.8, 4) is 11.4 Å². The Morgan fingerprint density at radius 2 is 1.59 bits per heavy atom. The largest absolute Gasteiger partial charge is 0.495 e. The van der Waals surface area contributed by atoms with E-state index in [4.69, 9.17) is 16.3 Å². The Bertz CT molecular complexity index is 1790. The molecule has 0 fully saturated rings. The molecule has 2 heterocycles. The minimum absolute atomic E-state index is 0.0983. The second-order valence-electron chi connectivity index (χ2n) is 9.40. The van der Waals surface area contributed by atoms with Crippen LogP contribution in [0.4, 0.5) is 17.1 Å². The highest BCUT2D eigenvalue weighted by molar-refractivity contribution is 6.53. The summed E-state index contributed by atoms with van der Waals surface area (Å²) in [5.41, 5.74) is 2.80. The van der Waals surface area contributed by atoms with Crippen LogP contribution in [0.1, 0.15) is 21.6 Å². The fourth-order valence-corrected chi connectivity index (χ4v) is 4.76. The molecule has 0 spiro atoms. The molecule has 5 rings (SSSR count). The lowest BCUT2D eigenvalue weighted by Crippen LogP contribution is -2.32. The first-order valence-corrected chi connectivity index (χ1v) is 13.0. The van der Waals surface area contributed by atoms with Crippen molar-refractivity contribution in [3.63, 3.8) is 0 Å². The van der Waals surface area contributed by atoms with Crippen LogP contribution in [0.15, 0.2) is 88.3 Å². The molecule has 3 amide bonds. The van der Waals surface area contributed by atoms with Crippen LogP contribution in [0.3, 0.4) is 0 Å². The number of methoxy groups -OCH3 is 1. The first-order chi connectivity index (χ1) is 19.6. The van der Waals surface area contributed by atoms with Gasteiger partial charge < -0.3 is 15.4 Å². The van der Waals surface area contributed by atoms with Crippen LogP contribution in [-0.4, -0.2) is 34.2 Å². The van der Waals surface area contributed by atoms with Gasteiger partial charge in [0.25, 0.3) is 23.3 Å².